The Morgan fingerprint density at radius 1 is 1.17 bits per heavy atom. The number of benzene rings is 1. The molecule has 4 rings (SSSR count). The molecule has 1 aromatic carbocycles. The third-order valence-electron chi connectivity index (χ3n) is 5.16. The maximum Gasteiger partial charge on any atom is 0.263 e. The molecule has 3 nitrogen and oxygen atoms in total. The SMILES string of the molecule is O=C(c1cccs1)N1CCC2(CCN2Cc2ccc(F)cc2)C1. The summed E-state index contributed by atoms with van der Waals surface area (Å²) >= 11 is 1.51. The monoisotopic (exact) mass is 330 g/mol. The zero-order valence-corrected chi connectivity index (χ0v) is 13.7. The summed E-state index contributed by atoms with van der Waals surface area (Å²) < 4.78 is 13.0. The second-order valence-electron chi connectivity index (χ2n) is 6.48. The van der Waals surface area contributed by atoms with Gasteiger partial charge in [-0.3, -0.25) is 9.69 Å². The lowest BCUT2D eigenvalue weighted by molar-refractivity contribution is -0.0131. The number of halogens is 1. The standard InChI is InChI=1S/C18H19FN2OS/c19-15-5-3-14(4-6-15)12-21-10-8-18(21)7-9-20(13-18)17(22)16-2-1-11-23-16/h1-6,11H,7-10,12-13H2. The second-order valence-corrected chi connectivity index (χ2v) is 7.42. The summed E-state index contributed by atoms with van der Waals surface area (Å²) in [7, 11) is 0. The minimum atomic E-state index is -0.194. The average molecular weight is 330 g/mol. The van der Waals surface area contributed by atoms with Crippen LogP contribution < -0.4 is 0 Å². The molecule has 3 heterocycles. The molecule has 0 aliphatic carbocycles. The van der Waals surface area contributed by atoms with Crippen molar-refractivity contribution in [2.45, 2.75) is 24.9 Å². The molecule has 0 saturated carbocycles. The van der Waals surface area contributed by atoms with Crippen LogP contribution in [0.5, 0.6) is 0 Å². The van der Waals surface area contributed by atoms with Crippen molar-refractivity contribution in [1.29, 1.82) is 0 Å². The first kappa shape index (κ1) is 14.8. The van der Waals surface area contributed by atoms with E-state index < -0.39 is 0 Å². The summed E-state index contributed by atoms with van der Waals surface area (Å²) in [4.78, 5) is 17.8. The van der Waals surface area contributed by atoms with E-state index >= 15 is 0 Å². The number of amides is 1. The second kappa shape index (κ2) is 5.73. The molecule has 2 fully saturated rings. The van der Waals surface area contributed by atoms with E-state index in [2.05, 4.69) is 4.90 Å². The molecule has 2 saturated heterocycles. The number of hydrogen-bond acceptors (Lipinski definition) is 3. The lowest BCUT2D eigenvalue weighted by Gasteiger charge is -2.50. The molecule has 2 aliphatic rings. The highest BCUT2D eigenvalue weighted by molar-refractivity contribution is 7.12. The maximum absolute atomic E-state index is 13.0. The zero-order valence-electron chi connectivity index (χ0n) is 12.9. The summed E-state index contributed by atoms with van der Waals surface area (Å²) in [5.74, 6) is -0.0360. The smallest absolute Gasteiger partial charge is 0.263 e. The van der Waals surface area contributed by atoms with Gasteiger partial charge in [0.25, 0.3) is 5.91 Å². The van der Waals surface area contributed by atoms with Crippen molar-refractivity contribution in [3.63, 3.8) is 0 Å². The van der Waals surface area contributed by atoms with Gasteiger partial charge in [0, 0.05) is 31.7 Å². The van der Waals surface area contributed by atoms with Crippen LogP contribution in [0.3, 0.4) is 0 Å². The first-order valence-electron chi connectivity index (χ1n) is 7.99. The van der Waals surface area contributed by atoms with Gasteiger partial charge in [0.05, 0.1) is 4.88 Å². The zero-order chi connectivity index (χ0) is 15.9. The molecule has 2 aromatic rings. The molecule has 0 N–H and O–H groups in total. The highest BCUT2D eigenvalue weighted by Gasteiger charge is 2.50. The predicted octanol–water partition coefficient (Wildman–Crippen LogP) is 3.38. The highest BCUT2D eigenvalue weighted by Crippen LogP contribution is 2.40. The molecule has 0 bridgehead atoms. The topological polar surface area (TPSA) is 23.6 Å². The summed E-state index contributed by atoms with van der Waals surface area (Å²) in [5, 5.41) is 1.95. The first-order valence-corrected chi connectivity index (χ1v) is 8.87. The minimum absolute atomic E-state index is 0.126. The van der Waals surface area contributed by atoms with Crippen LogP contribution in [0, 0.1) is 5.82 Å². The summed E-state index contributed by atoms with van der Waals surface area (Å²) in [6, 6.07) is 10.6. The number of carbonyl (C=O) groups excluding carboxylic acids is 1. The number of thiophene rings is 1. The Morgan fingerprint density at radius 3 is 2.61 bits per heavy atom. The molecule has 1 unspecified atom stereocenters. The van der Waals surface area contributed by atoms with Gasteiger partial charge < -0.3 is 4.90 Å². The van der Waals surface area contributed by atoms with E-state index in [1.807, 2.05) is 34.5 Å². The Morgan fingerprint density at radius 2 is 1.96 bits per heavy atom. The fourth-order valence-electron chi connectivity index (χ4n) is 3.69. The fourth-order valence-corrected chi connectivity index (χ4v) is 4.38. The molecular formula is C18H19FN2OS. The first-order chi connectivity index (χ1) is 11.2. The molecule has 1 atom stereocenters. The summed E-state index contributed by atoms with van der Waals surface area (Å²) in [5.41, 5.74) is 1.26. The van der Waals surface area contributed by atoms with Gasteiger partial charge in [0.2, 0.25) is 0 Å². The molecule has 2 aliphatic heterocycles. The van der Waals surface area contributed by atoms with E-state index in [1.165, 1.54) is 23.5 Å². The lowest BCUT2D eigenvalue weighted by Crippen LogP contribution is -2.60. The fraction of sp³-hybridized carbons (Fsp3) is 0.389. The van der Waals surface area contributed by atoms with Crippen molar-refractivity contribution in [1.82, 2.24) is 9.80 Å². The van der Waals surface area contributed by atoms with Gasteiger partial charge in [-0.15, -0.1) is 11.3 Å². The Balaban J connectivity index is 1.43. The maximum atomic E-state index is 13.0. The van der Waals surface area contributed by atoms with Crippen LogP contribution in [0.15, 0.2) is 41.8 Å². The Bertz CT molecular complexity index is 700. The quantitative estimate of drug-likeness (QED) is 0.861. The predicted molar refractivity (Wildman–Crippen MR) is 89.0 cm³/mol. The summed E-state index contributed by atoms with van der Waals surface area (Å²) in [6.07, 6.45) is 2.17. The van der Waals surface area contributed by atoms with E-state index in [4.69, 9.17) is 0 Å². The van der Waals surface area contributed by atoms with Crippen molar-refractivity contribution < 1.29 is 9.18 Å². The third kappa shape index (κ3) is 2.68. The number of likely N-dealkylation sites (tertiary alicyclic amines) is 2. The van der Waals surface area contributed by atoms with Gasteiger partial charge >= 0.3 is 0 Å². The minimum Gasteiger partial charge on any atom is -0.336 e. The Kier molecular flexibility index (Phi) is 3.70. The number of rotatable bonds is 3. The molecule has 0 radical (unpaired) electrons. The number of carbonyl (C=O) groups is 1. The van der Waals surface area contributed by atoms with E-state index in [0.29, 0.717) is 0 Å². The van der Waals surface area contributed by atoms with E-state index in [1.54, 1.807) is 0 Å². The van der Waals surface area contributed by atoms with Crippen LogP contribution in [-0.4, -0.2) is 40.9 Å². The van der Waals surface area contributed by atoms with Crippen molar-refractivity contribution in [3.8, 4) is 0 Å². The van der Waals surface area contributed by atoms with Crippen LogP contribution >= 0.6 is 11.3 Å². The molecule has 120 valence electrons. The summed E-state index contributed by atoms with van der Waals surface area (Å²) in [6.45, 7) is 3.53. The van der Waals surface area contributed by atoms with Gasteiger partial charge in [0.1, 0.15) is 5.82 Å². The highest BCUT2D eigenvalue weighted by atomic mass is 32.1. The Hall–Kier alpha value is -1.72. The van der Waals surface area contributed by atoms with E-state index in [-0.39, 0.29) is 17.3 Å². The Labute approximate surface area is 139 Å². The molecular weight excluding hydrogens is 311 g/mol. The van der Waals surface area contributed by atoms with Gasteiger partial charge in [-0.1, -0.05) is 18.2 Å². The van der Waals surface area contributed by atoms with Gasteiger partial charge in [-0.05, 0) is 42.0 Å². The largest absolute Gasteiger partial charge is 0.336 e. The van der Waals surface area contributed by atoms with Gasteiger partial charge in [-0.2, -0.15) is 0 Å². The molecule has 1 amide bonds. The van der Waals surface area contributed by atoms with Crippen LogP contribution in [0.2, 0.25) is 0 Å². The average Bonchev–Trinajstić information content (AvgIpc) is 3.23. The van der Waals surface area contributed by atoms with Crippen LogP contribution in [0.1, 0.15) is 28.1 Å². The molecule has 1 aromatic heterocycles. The van der Waals surface area contributed by atoms with E-state index in [9.17, 15) is 9.18 Å². The van der Waals surface area contributed by atoms with Crippen LogP contribution in [0.25, 0.3) is 0 Å². The van der Waals surface area contributed by atoms with Crippen molar-refractivity contribution in [2.24, 2.45) is 0 Å². The van der Waals surface area contributed by atoms with Crippen LogP contribution in [-0.2, 0) is 6.54 Å². The molecule has 5 heteroatoms. The van der Waals surface area contributed by atoms with E-state index in [0.717, 1.165) is 49.5 Å². The lowest BCUT2D eigenvalue weighted by atomic mass is 9.83. The van der Waals surface area contributed by atoms with Gasteiger partial charge in [0.15, 0.2) is 0 Å². The number of hydrogen-bond donors (Lipinski definition) is 0. The third-order valence-corrected chi connectivity index (χ3v) is 6.01. The number of nitrogens with zero attached hydrogens (tertiary/aromatic N) is 2. The van der Waals surface area contributed by atoms with Gasteiger partial charge in [-0.25, -0.2) is 4.39 Å². The molecule has 23 heavy (non-hydrogen) atoms. The van der Waals surface area contributed by atoms with Crippen molar-refractivity contribution >= 4 is 17.2 Å². The normalized spacial score (nSPS) is 24.1. The van der Waals surface area contributed by atoms with Crippen molar-refractivity contribution in [3.05, 3.63) is 58.0 Å². The van der Waals surface area contributed by atoms with Crippen LogP contribution in [0.4, 0.5) is 4.39 Å². The molecule has 1 spiro atoms. The van der Waals surface area contributed by atoms with Crippen molar-refractivity contribution in [2.75, 3.05) is 19.6 Å².